The van der Waals surface area contributed by atoms with E-state index in [1.165, 1.54) is 0 Å². The first kappa shape index (κ1) is 16.5. The summed E-state index contributed by atoms with van der Waals surface area (Å²) in [7, 11) is 0. The highest BCUT2D eigenvalue weighted by molar-refractivity contribution is 9.10. The van der Waals surface area contributed by atoms with Crippen molar-refractivity contribution in [1.82, 2.24) is 4.98 Å². The van der Waals surface area contributed by atoms with Gasteiger partial charge in [0.2, 0.25) is 5.89 Å². The number of carbonyl (C=O) groups is 1. The van der Waals surface area contributed by atoms with Crippen LogP contribution in [0.2, 0.25) is 0 Å². The molecule has 0 saturated carbocycles. The molecule has 0 fully saturated rings. The Kier molecular flexibility index (Phi) is 4.54. The summed E-state index contributed by atoms with van der Waals surface area (Å²) < 4.78 is 6.73. The number of fused-ring (bicyclic) bond motifs is 1. The number of benzene rings is 3. The number of carbonyl (C=O) groups excluding carboxylic acids is 1. The van der Waals surface area contributed by atoms with Crippen LogP contribution in [0.4, 0.5) is 5.69 Å². The molecule has 1 N–H and O–H groups in total. The highest BCUT2D eigenvalue weighted by Crippen LogP contribution is 2.25. The van der Waals surface area contributed by atoms with E-state index in [-0.39, 0.29) is 12.3 Å². The van der Waals surface area contributed by atoms with Crippen LogP contribution in [-0.4, -0.2) is 17.3 Å². The van der Waals surface area contributed by atoms with Gasteiger partial charge in [-0.2, -0.15) is 0 Å². The molecule has 4 aromatic rings. The molecule has 0 spiro atoms. The van der Waals surface area contributed by atoms with Gasteiger partial charge < -0.3 is 9.73 Å². The van der Waals surface area contributed by atoms with Crippen LogP contribution in [-0.2, 0) is 0 Å². The maximum atomic E-state index is 12.2. The molecule has 0 aliphatic rings. The molecule has 0 unspecified atom stereocenters. The molecule has 0 atom stereocenters. The SMILES string of the molecule is O=C(CNc1ccc(-c2nc3ccccc3o2)cc1)c1ccc(Br)cc1. The Hall–Kier alpha value is -2.92. The van der Waals surface area contributed by atoms with E-state index in [1.807, 2.05) is 72.8 Å². The predicted molar refractivity (Wildman–Crippen MR) is 106 cm³/mol. The van der Waals surface area contributed by atoms with Gasteiger partial charge in [0, 0.05) is 21.3 Å². The van der Waals surface area contributed by atoms with E-state index >= 15 is 0 Å². The Morgan fingerprint density at radius 3 is 2.42 bits per heavy atom. The fraction of sp³-hybridized carbons (Fsp3) is 0.0476. The van der Waals surface area contributed by atoms with E-state index in [1.54, 1.807) is 0 Å². The molecule has 0 aliphatic heterocycles. The number of rotatable bonds is 5. The van der Waals surface area contributed by atoms with Crippen molar-refractivity contribution in [3.8, 4) is 11.5 Å². The fourth-order valence-electron chi connectivity index (χ4n) is 2.65. The van der Waals surface area contributed by atoms with Gasteiger partial charge >= 0.3 is 0 Å². The van der Waals surface area contributed by atoms with Gasteiger partial charge in [-0.3, -0.25) is 4.79 Å². The first-order valence-corrected chi connectivity index (χ1v) is 8.97. The van der Waals surface area contributed by atoms with Gasteiger partial charge in [0.15, 0.2) is 11.4 Å². The highest BCUT2D eigenvalue weighted by Gasteiger charge is 2.08. The molecule has 4 nitrogen and oxygen atoms in total. The van der Waals surface area contributed by atoms with Gasteiger partial charge in [-0.15, -0.1) is 0 Å². The molecule has 4 rings (SSSR count). The van der Waals surface area contributed by atoms with Crippen LogP contribution in [0.25, 0.3) is 22.6 Å². The van der Waals surface area contributed by atoms with Crippen molar-refractivity contribution in [3.63, 3.8) is 0 Å². The molecule has 0 saturated heterocycles. The molecule has 3 aromatic carbocycles. The topological polar surface area (TPSA) is 55.1 Å². The van der Waals surface area contributed by atoms with Crippen molar-refractivity contribution in [2.24, 2.45) is 0 Å². The number of para-hydroxylation sites is 2. The number of oxazole rings is 1. The lowest BCUT2D eigenvalue weighted by atomic mass is 10.1. The van der Waals surface area contributed by atoms with Gasteiger partial charge in [0.05, 0.1) is 6.54 Å². The van der Waals surface area contributed by atoms with E-state index in [0.717, 1.165) is 26.8 Å². The molecule has 26 heavy (non-hydrogen) atoms. The standard InChI is InChI=1S/C21H15BrN2O2/c22-16-9-5-14(6-10-16)19(25)13-23-17-11-7-15(8-12-17)21-24-18-3-1-2-4-20(18)26-21/h1-12,23H,13H2. The van der Waals surface area contributed by atoms with Crippen molar-refractivity contribution in [2.45, 2.75) is 0 Å². The van der Waals surface area contributed by atoms with Crippen LogP contribution in [0.5, 0.6) is 0 Å². The van der Waals surface area contributed by atoms with Crippen LogP contribution in [0.1, 0.15) is 10.4 Å². The molecule has 0 bridgehead atoms. The average Bonchev–Trinajstić information content (AvgIpc) is 3.11. The first-order chi connectivity index (χ1) is 12.7. The lowest BCUT2D eigenvalue weighted by molar-refractivity contribution is 0.101. The zero-order chi connectivity index (χ0) is 17.9. The van der Waals surface area contributed by atoms with Crippen LogP contribution in [0.15, 0.2) is 81.7 Å². The maximum absolute atomic E-state index is 12.2. The third kappa shape index (κ3) is 3.53. The number of aromatic nitrogens is 1. The second kappa shape index (κ2) is 7.14. The number of hydrogen-bond acceptors (Lipinski definition) is 4. The van der Waals surface area contributed by atoms with Crippen LogP contribution in [0.3, 0.4) is 0 Å². The predicted octanol–water partition coefficient (Wildman–Crippen LogP) is 5.55. The Morgan fingerprint density at radius 2 is 1.69 bits per heavy atom. The summed E-state index contributed by atoms with van der Waals surface area (Å²) in [6.45, 7) is 0.240. The zero-order valence-electron chi connectivity index (χ0n) is 13.8. The number of nitrogens with zero attached hydrogens (tertiary/aromatic N) is 1. The summed E-state index contributed by atoms with van der Waals surface area (Å²) in [6, 6.07) is 22.7. The van der Waals surface area contributed by atoms with Gasteiger partial charge in [0.1, 0.15) is 5.52 Å². The smallest absolute Gasteiger partial charge is 0.227 e. The minimum absolute atomic E-state index is 0.0422. The lowest BCUT2D eigenvalue weighted by Crippen LogP contribution is -2.13. The molecule has 0 amide bonds. The molecule has 128 valence electrons. The zero-order valence-corrected chi connectivity index (χ0v) is 15.4. The van der Waals surface area contributed by atoms with E-state index in [4.69, 9.17) is 4.42 Å². The monoisotopic (exact) mass is 406 g/mol. The largest absolute Gasteiger partial charge is 0.436 e. The quantitative estimate of drug-likeness (QED) is 0.441. The Labute approximate surface area is 159 Å². The summed E-state index contributed by atoms with van der Waals surface area (Å²) in [5, 5.41) is 3.15. The molecule has 1 heterocycles. The van der Waals surface area contributed by atoms with Crippen LogP contribution >= 0.6 is 15.9 Å². The van der Waals surface area contributed by atoms with Crippen molar-refractivity contribution in [3.05, 3.63) is 82.8 Å². The maximum Gasteiger partial charge on any atom is 0.227 e. The van der Waals surface area contributed by atoms with E-state index < -0.39 is 0 Å². The number of nitrogens with one attached hydrogen (secondary N) is 1. The molecular formula is C21H15BrN2O2. The third-order valence-corrected chi connectivity index (χ3v) is 4.57. The van der Waals surface area contributed by atoms with Gasteiger partial charge in [-0.25, -0.2) is 4.98 Å². The number of anilines is 1. The summed E-state index contributed by atoms with van der Waals surface area (Å²) in [6.07, 6.45) is 0. The van der Waals surface area contributed by atoms with E-state index in [9.17, 15) is 4.79 Å². The van der Waals surface area contributed by atoms with Crippen LogP contribution in [0, 0.1) is 0 Å². The highest BCUT2D eigenvalue weighted by atomic mass is 79.9. The Balaban J connectivity index is 1.44. The van der Waals surface area contributed by atoms with Crippen molar-refractivity contribution in [2.75, 3.05) is 11.9 Å². The summed E-state index contributed by atoms with van der Waals surface area (Å²) in [5.41, 5.74) is 4.06. The lowest BCUT2D eigenvalue weighted by Gasteiger charge is -2.06. The average molecular weight is 407 g/mol. The number of Topliss-reactive ketones (excluding diaryl/α,β-unsaturated/α-hetero) is 1. The third-order valence-electron chi connectivity index (χ3n) is 4.05. The minimum atomic E-state index is 0.0422. The fourth-order valence-corrected chi connectivity index (χ4v) is 2.91. The summed E-state index contributed by atoms with van der Waals surface area (Å²) in [5.74, 6) is 0.629. The molecule has 0 radical (unpaired) electrons. The van der Waals surface area contributed by atoms with E-state index in [0.29, 0.717) is 11.5 Å². The molecule has 1 aromatic heterocycles. The molecular weight excluding hydrogens is 392 g/mol. The minimum Gasteiger partial charge on any atom is -0.436 e. The van der Waals surface area contributed by atoms with Crippen molar-refractivity contribution < 1.29 is 9.21 Å². The number of ketones is 1. The Morgan fingerprint density at radius 1 is 0.962 bits per heavy atom. The van der Waals surface area contributed by atoms with Gasteiger partial charge in [0.25, 0.3) is 0 Å². The van der Waals surface area contributed by atoms with E-state index in [2.05, 4.69) is 26.2 Å². The van der Waals surface area contributed by atoms with Crippen molar-refractivity contribution >= 4 is 38.5 Å². The second-order valence-corrected chi connectivity index (χ2v) is 6.76. The van der Waals surface area contributed by atoms with Crippen molar-refractivity contribution in [1.29, 1.82) is 0 Å². The first-order valence-electron chi connectivity index (χ1n) is 8.18. The van der Waals surface area contributed by atoms with Gasteiger partial charge in [-0.05, 0) is 48.5 Å². The second-order valence-electron chi connectivity index (χ2n) is 5.85. The normalized spacial score (nSPS) is 10.8. The molecule has 0 aliphatic carbocycles. The number of halogens is 1. The Bertz CT molecular complexity index is 1020. The van der Waals surface area contributed by atoms with Crippen LogP contribution < -0.4 is 5.32 Å². The molecule has 5 heteroatoms. The summed E-state index contributed by atoms with van der Waals surface area (Å²) in [4.78, 5) is 16.7. The van der Waals surface area contributed by atoms with Gasteiger partial charge in [-0.1, -0.05) is 40.2 Å². The number of hydrogen-bond donors (Lipinski definition) is 1. The summed E-state index contributed by atoms with van der Waals surface area (Å²) >= 11 is 3.37.